The molecule has 1 amide bonds. The van der Waals surface area contributed by atoms with Crippen LogP contribution >= 0.6 is 0 Å². The van der Waals surface area contributed by atoms with Crippen LogP contribution in [0.4, 0.5) is 24.7 Å². The number of alkyl halides is 3. The molecule has 9 nitrogen and oxygen atoms in total. The van der Waals surface area contributed by atoms with Gasteiger partial charge in [0.2, 0.25) is 0 Å². The zero-order chi connectivity index (χ0) is 26.3. The molecular weight excluding hydrogens is 489 g/mol. The molecule has 5 rings (SSSR count). The van der Waals surface area contributed by atoms with Gasteiger partial charge in [0, 0.05) is 22.8 Å². The topological polar surface area (TPSA) is 114 Å². The first kappa shape index (κ1) is 24.1. The Balaban J connectivity index is 1.56. The van der Waals surface area contributed by atoms with Crippen molar-refractivity contribution in [2.45, 2.75) is 26.1 Å². The predicted octanol–water partition coefficient (Wildman–Crippen LogP) is 4.88. The van der Waals surface area contributed by atoms with Gasteiger partial charge in [0.05, 0.1) is 29.5 Å². The maximum absolute atomic E-state index is 13.6. The molecule has 3 heterocycles. The zero-order valence-electron chi connectivity index (χ0n) is 19.7. The summed E-state index contributed by atoms with van der Waals surface area (Å²) in [6, 6.07) is 10.3. The second-order valence-corrected chi connectivity index (χ2v) is 8.39. The number of hydrogen-bond donors (Lipinski definition) is 3. The van der Waals surface area contributed by atoms with Crippen LogP contribution in [0.1, 0.15) is 41.5 Å². The van der Waals surface area contributed by atoms with E-state index in [9.17, 15) is 22.8 Å². The molecule has 0 saturated heterocycles. The fourth-order valence-electron chi connectivity index (χ4n) is 4.25. The molecule has 1 atom stereocenters. The van der Waals surface area contributed by atoms with Crippen LogP contribution in [0.5, 0.6) is 0 Å². The van der Waals surface area contributed by atoms with Gasteiger partial charge in [0.1, 0.15) is 11.9 Å². The second-order valence-electron chi connectivity index (χ2n) is 8.39. The van der Waals surface area contributed by atoms with E-state index in [0.717, 1.165) is 23.0 Å². The number of fused-ring (bicyclic) bond motifs is 2. The standard InChI is InChI=1S/C25H21F3N6O3/c1-3-37-24(36)19-11-20-30-13(2)21(23(35)31-17-8-9-18-15(10-17)12-29-32-18)22(34(20)33-19)14-4-6-16(7-5-14)25(26,27)28/h4-12,22,30H,3H2,1-2H3,(H,29,32)(H,31,35). The Morgan fingerprint density at radius 3 is 2.59 bits per heavy atom. The van der Waals surface area contributed by atoms with E-state index >= 15 is 0 Å². The third kappa shape index (κ3) is 4.53. The Morgan fingerprint density at radius 1 is 1.14 bits per heavy atom. The lowest BCUT2D eigenvalue weighted by Crippen LogP contribution is -2.31. The average Bonchev–Trinajstić information content (AvgIpc) is 3.49. The number of allylic oxidation sites excluding steroid dienone is 1. The van der Waals surface area contributed by atoms with Gasteiger partial charge >= 0.3 is 12.1 Å². The van der Waals surface area contributed by atoms with Crippen LogP contribution < -0.4 is 10.6 Å². The Morgan fingerprint density at radius 2 is 1.89 bits per heavy atom. The summed E-state index contributed by atoms with van der Waals surface area (Å²) in [5.74, 6) is -0.757. The fraction of sp³-hybridized carbons (Fsp3) is 0.200. The molecule has 2 aromatic carbocycles. The molecule has 0 spiro atoms. The van der Waals surface area contributed by atoms with Gasteiger partial charge in [-0.1, -0.05) is 12.1 Å². The maximum Gasteiger partial charge on any atom is 0.416 e. The minimum absolute atomic E-state index is 0.00105. The number of nitrogens with zero attached hydrogens (tertiary/aromatic N) is 3. The lowest BCUT2D eigenvalue weighted by atomic mass is 9.94. The number of H-pyrrole nitrogens is 1. The number of amides is 1. The highest BCUT2D eigenvalue weighted by molar-refractivity contribution is 6.06. The number of carbonyl (C=O) groups is 2. The number of carbonyl (C=O) groups excluding carboxylic acids is 2. The highest BCUT2D eigenvalue weighted by Gasteiger charge is 2.36. The van der Waals surface area contributed by atoms with Crippen molar-refractivity contribution < 1.29 is 27.5 Å². The molecule has 1 unspecified atom stereocenters. The molecule has 0 aliphatic carbocycles. The van der Waals surface area contributed by atoms with E-state index in [0.29, 0.717) is 22.8 Å². The van der Waals surface area contributed by atoms with Gasteiger partial charge in [0.25, 0.3) is 5.91 Å². The molecular formula is C25H21F3N6O3. The molecule has 0 fully saturated rings. The third-order valence-corrected chi connectivity index (χ3v) is 5.95. The van der Waals surface area contributed by atoms with Crippen LogP contribution in [0.25, 0.3) is 10.9 Å². The molecule has 3 N–H and O–H groups in total. The van der Waals surface area contributed by atoms with Gasteiger partial charge in [-0.15, -0.1) is 0 Å². The molecule has 37 heavy (non-hydrogen) atoms. The maximum atomic E-state index is 13.6. The molecule has 4 aromatic rings. The predicted molar refractivity (Wildman–Crippen MR) is 129 cm³/mol. The van der Waals surface area contributed by atoms with E-state index in [1.807, 2.05) is 0 Å². The number of aromatic nitrogens is 4. The number of anilines is 2. The quantitative estimate of drug-likeness (QED) is 0.330. The van der Waals surface area contributed by atoms with E-state index in [-0.39, 0.29) is 17.9 Å². The highest BCUT2D eigenvalue weighted by atomic mass is 19.4. The first-order valence-electron chi connectivity index (χ1n) is 11.3. The van der Waals surface area contributed by atoms with Crippen LogP contribution in [0.3, 0.4) is 0 Å². The van der Waals surface area contributed by atoms with Crippen molar-refractivity contribution in [2.24, 2.45) is 0 Å². The summed E-state index contributed by atoms with van der Waals surface area (Å²) in [5, 5.41) is 17.8. The summed E-state index contributed by atoms with van der Waals surface area (Å²) in [4.78, 5) is 25.9. The van der Waals surface area contributed by atoms with E-state index < -0.39 is 29.7 Å². The first-order valence-corrected chi connectivity index (χ1v) is 11.3. The lowest BCUT2D eigenvalue weighted by Gasteiger charge is -2.30. The fourth-order valence-corrected chi connectivity index (χ4v) is 4.25. The van der Waals surface area contributed by atoms with Gasteiger partial charge in [-0.25, -0.2) is 9.48 Å². The number of rotatable bonds is 5. The number of benzene rings is 2. The number of nitrogens with one attached hydrogen (secondary N) is 3. The smallest absolute Gasteiger partial charge is 0.416 e. The van der Waals surface area contributed by atoms with Gasteiger partial charge in [-0.3, -0.25) is 9.89 Å². The monoisotopic (exact) mass is 510 g/mol. The van der Waals surface area contributed by atoms with Crippen LogP contribution in [0, 0.1) is 0 Å². The molecule has 1 aliphatic rings. The van der Waals surface area contributed by atoms with Crippen molar-refractivity contribution in [3.8, 4) is 0 Å². The van der Waals surface area contributed by atoms with Gasteiger partial charge in [-0.05, 0) is 49.7 Å². The number of esters is 1. The molecule has 2 aromatic heterocycles. The number of aromatic amines is 1. The average molecular weight is 510 g/mol. The Kier molecular flexibility index (Phi) is 5.94. The van der Waals surface area contributed by atoms with Crippen molar-refractivity contribution in [3.05, 3.63) is 82.8 Å². The molecule has 12 heteroatoms. The van der Waals surface area contributed by atoms with Gasteiger partial charge < -0.3 is 15.4 Å². The van der Waals surface area contributed by atoms with Crippen LogP contribution in [-0.2, 0) is 15.7 Å². The number of ether oxygens (including phenoxy) is 1. The van der Waals surface area contributed by atoms with E-state index in [1.165, 1.54) is 22.9 Å². The number of halogens is 3. The Hall–Kier alpha value is -4.61. The Bertz CT molecular complexity index is 1540. The Labute approximate surface area is 208 Å². The minimum Gasteiger partial charge on any atom is -0.461 e. The van der Waals surface area contributed by atoms with E-state index in [2.05, 4.69) is 25.9 Å². The largest absolute Gasteiger partial charge is 0.461 e. The molecule has 0 radical (unpaired) electrons. The van der Waals surface area contributed by atoms with E-state index in [4.69, 9.17) is 4.74 Å². The van der Waals surface area contributed by atoms with Crippen molar-refractivity contribution in [3.63, 3.8) is 0 Å². The van der Waals surface area contributed by atoms with Crippen molar-refractivity contribution in [1.29, 1.82) is 0 Å². The first-order chi connectivity index (χ1) is 17.7. The summed E-state index contributed by atoms with van der Waals surface area (Å²) in [6.07, 6.45) is -2.89. The zero-order valence-corrected chi connectivity index (χ0v) is 19.7. The summed E-state index contributed by atoms with van der Waals surface area (Å²) in [7, 11) is 0. The normalized spacial score (nSPS) is 15.3. The summed E-state index contributed by atoms with van der Waals surface area (Å²) in [6.45, 7) is 3.47. The third-order valence-electron chi connectivity index (χ3n) is 5.95. The summed E-state index contributed by atoms with van der Waals surface area (Å²) < 4.78 is 46.0. The summed E-state index contributed by atoms with van der Waals surface area (Å²) in [5.41, 5.74) is 1.53. The molecule has 190 valence electrons. The van der Waals surface area contributed by atoms with Gasteiger partial charge in [0.15, 0.2) is 5.69 Å². The lowest BCUT2D eigenvalue weighted by molar-refractivity contribution is -0.137. The minimum atomic E-state index is -4.52. The van der Waals surface area contributed by atoms with Crippen molar-refractivity contribution in [1.82, 2.24) is 20.0 Å². The second kappa shape index (κ2) is 9.12. The van der Waals surface area contributed by atoms with Crippen LogP contribution in [-0.4, -0.2) is 38.5 Å². The molecule has 0 saturated carbocycles. The van der Waals surface area contributed by atoms with Crippen molar-refractivity contribution >= 4 is 34.3 Å². The highest BCUT2D eigenvalue weighted by Crippen LogP contribution is 2.38. The van der Waals surface area contributed by atoms with Gasteiger partial charge in [-0.2, -0.15) is 23.4 Å². The molecule has 1 aliphatic heterocycles. The number of hydrogen-bond acceptors (Lipinski definition) is 6. The molecule has 0 bridgehead atoms. The SMILES string of the molecule is CCOC(=O)c1cc2n(n1)C(c1ccc(C(F)(F)F)cc1)C(C(=O)Nc1ccc3[nH]ncc3c1)=C(C)N2. The van der Waals surface area contributed by atoms with E-state index in [1.54, 1.807) is 38.2 Å². The van der Waals surface area contributed by atoms with Crippen LogP contribution in [0.2, 0.25) is 0 Å². The van der Waals surface area contributed by atoms with Crippen LogP contribution in [0.15, 0.2) is 66.0 Å². The summed E-state index contributed by atoms with van der Waals surface area (Å²) >= 11 is 0. The van der Waals surface area contributed by atoms with Crippen molar-refractivity contribution in [2.75, 3.05) is 17.2 Å².